The lowest BCUT2D eigenvalue weighted by molar-refractivity contribution is -0.384. The highest BCUT2D eigenvalue weighted by Crippen LogP contribution is 2.38. The summed E-state index contributed by atoms with van der Waals surface area (Å²) in [6, 6.07) is 5.82. The van der Waals surface area contributed by atoms with E-state index in [-0.39, 0.29) is 5.69 Å². The van der Waals surface area contributed by atoms with Crippen LogP contribution in [-0.4, -0.2) is 10.0 Å². The molecule has 0 heterocycles. The highest BCUT2D eigenvalue weighted by Gasteiger charge is 2.37. The summed E-state index contributed by atoms with van der Waals surface area (Å²) in [5.74, 6) is 0. The summed E-state index contributed by atoms with van der Waals surface area (Å²) >= 11 is 0. The Morgan fingerprint density at radius 3 is 2.00 bits per heavy atom. The zero-order valence-electron chi connectivity index (χ0n) is 9.73. The van der Waals surface area contributed by atoms with Crippen LogP contribution in [0.5, 0.6) is 0 Å². The van der Waals surface area contributed by atoms with Gasteiger partial charge in [0.1, 0.15) is 0 Å². The molecule has 87 valence electrons. The summed E-state index contributed by atoms with van der Waals surface area (Å²) in [4.78, 5) is 10.0. The predicted octanol–water partition coefficient (Wildman–Crippen LogP) is 2.66. The van der Waals surface area contributed by atoms with Crippen LogP contribution >= 0.6 is 0 Å². The van der Waals surface area contributed by atoms with Crippen molar-refractivity contribution in [2.75, 3.05) is 0 Å². The summed E-state index contributed by atoms with van der Waals surface area (Å²) in [5, 5.41) is 20.8. The van der Waals surface area contributed by atoms with Crippen LogP contribution in [-0.2, 0) is 5.60 Å². The summed E-state index contributed by atoms with van der Waals surface area (Å²) in [5.41, 5.74) is -1.12. The first-order chi connectivity index (χ1) is 7.16. The van der Waals surface area contributed by atoms with E-state index < -0.39 is 15.9 Å². The number of non-ortho nitro benzene ring substituents is 1. The summed E-state index contributed by atoms with van der Waals surface area (Å²) < 4.78 is 0. The largest absolute Gasteiger partial charge is 0.385 e. The van der Waals surface area contributed by atoms with Gasteiger partial charge in [-0.15, -0.1) is 0 Å². The van der Waals surface area contributed by atoms with Crippen molar-refractivity contribution in [2.45, 2.75) is 26.4 Å². The van der Waals surface area contributed by atoms with Gasteiger partial charge in [-0.1, -0.05) is 20.8 Å². The Labute approximate surface area is 95.1 Å². The second-order valence-electron chi connectivity index (χ2n) is 4.91. The Kier molecular flexibility index (Phi) is 3.06. The highest BCUT2D eigenvalue weighted by molar-refractivity contribution is 5.36. The number of nitrogens with zero attached hydrogens (tertiary/aromatic N) is 1. The number of hydrogen-bond acceptors (Lipinski definition) is 3. The zero-order valence-corrected chi connectivity index (χ0v) is 9.73. The molecular weight excluding hydrogens is 206 g/mol. The Morgan fingerprint density at radius 2 is 1.69 bits per heavy atom. The average molecular weight is 222 g/mol. The van der Waals surface area contributed by atoms with Crippen LogP contribution in [0.25, 0.3) is 0 Å². The van der Waals surface area contributed by atoms with Crippen molar-refractivity contribution in [1.29, 1.82) is 0 Å². The Bertz CT molecular complexity index is 388. The Balaban J connectivity index is 3.11. The van der Waals surface area contributed by atoms with E-state index in [0.29, 0.717) is 5.56 Å². The van der Waals surface area contributed by atoms with Gasteiger partial charge in [0.05, 0.1) is 10.5 Å². The number of nitro groups is 1. The van der Waals surface area contributed by atoms with Crippen LogP contribution in [0, 0.1) is 22.5 Å². The van der Waals surface area contributed by atoms with Crippen LogP contribution in [0.3, 0.4) is 0 Å². The van der Waals surface area contributed by atoms with E-state index in [9.17, 15) is 15.2 Å². The first kappa shape index (κ1) is 12.6. The minimum Gasteiger partial charge on any atom is -0.385 e. The number of benzene rings is 1. The molecule has 0 aliphatic carbocycles. The number of hydrogen-bond donors (Lipinski definition) is 1. The summed E-state index contributed by atoms with van der Waals surface area (Å²) in [6.45, 7) is 9.36. The molecule has 4 nitrogen and oxygen atoms in total. The van der Waals surface area contributed by atoms with Crippen molar-refractivity contribution in [3.05, 3.63) is 46.9 Å². The van der Waals surface area contributed by atoms with Crippen LogP contribution in [0.2, 0.25) is 0 Å². The van der Waals surface area contributed by atoms with E-state index in [1.807, 2.05) is 20.8 Å². The van der Waals surface area contributed by atoms with E-state index in [1.54, 1.807) is 0 Å². The van der Waals surface area contributed by atoms with E-state index in [1.165, 1.54) is 24.3 Å². The fourth-order valence-corrected chi connectivity index (χ4v) is 1.29. The van der Waals surface area contributed by atoms with Gasteiger partial charge >= 0.3 is 0 Å². The molecular formula is C12H16NO3. The SMILES string of the molecule is [CH2][C@](O)(c1ccc([N+](=O)[O-])cc1)C(C)(C)C. The molecule has 0 aromatic heterocycles. The van der Waals surface area contributed by atoms with Crippen molar-refractivity contribution in [3.8, 4) is 0 Å². The molecule has 1 aromatic carbocycles. The van der Waals surface area contributed by atoms with Crippen LogP contribution < -0.4 is 0 Å². The maximum atomic E-state index is 10.5. The van der Waals surface area contributed by atoms with Gasteiger partial charge in [0.2, 0.25) is 0 Å². The second kappa shape index (κ2) is 3.87. The lowest BCUT2D eigenvalue weighted by atomic mass is 9.73. The fourth-order valence-electron chi connectivity index (χ4n) is 1.29. The lowest BCUT2D eigenvalue weighted by Crippen LogP contribution is -2.37. The van der Waals surface area contributed by atoms with Crippen molar-refractivity contribution < 1.29 is 10.0 Å². The summed E-state index contributed by atoms with van der Waals surface area (Å²) in [7, 11) is 0. The van der Waals surface area contributed by atoms with Gasteiger partial charge in [0.25, 0.3) is 5.69 Å². The minimum atomic E-state index is -1.26. The molecule has 0 aliphatic heterocycles. The van der Waals surface area contributed by atoms with Crippen LogP contribution in [0.1, 0.15) is 26.3 Å². The van der Waals surface area contributed by atoms with E-state index in [0.717, 1.165) is 0 Å². The van der Waals surface area contributed by atoms with Crippen molar-refractivity contribution >= 4 is 5.69 Å². The molecule has 0 saturated carbocycles. The standard InChI is InChI=1S/C12H16NO3/c1-11(2,3)12(4,14)9-5-7-10(8-6-9)13(15)16/h5-8,14H,4H2,1-3H3/t12-/m0/s1. The smallest absolute Gasteiger partial charge is 0.269 e. The molecule has 1 atom stereocenters. The minimum absolute atomic E-state index is 0.00783. The first-order valence-corrected chi connectivity index (χ1v) is 4.99. The van der Waals surface area contributed by atoms with Crippen molar-refractivity contribution in [3.63, 3.8) is 0 Å². The van der Waals surface area contributed by atoms with E-state index >= 15 is 0 Å². The number of nitro benzene ring substituents is 1. The topological polar surface area (TPSA) is 63.4 Å². The molecule has 4 heteroatoms. The molecule has 1 rings (SSSR count). The fraction of sp³-hybridized carbons (Fsp3) is 0.417. The van der Waals surface area contributed by atoms with Gasteiger partial charge in [0.15, 0.2) is 0 Å². The predicted molar refractivity (Wildman–Crippen MR) is 61.8 cm³/mol. The highest BCUT2D eigenvalue weighted by atomic mass is 16.6. The maximum absolute atomic E-state index is 10.5. The van der Waals surface area contributed by atoms with Crippen molar-refractivity contribution in [2.24, 2.45) is 5.41 Å². The van der Waals surface area contributed by atoms with Gasteiger partial charge < -0.3 is 5.11 Å². The van der Waals surface area contributed by atoms with Crippen LogP contribution in [0.15, 0.2) is 24.3 Å². The molecule has 1 radical (unpaired) electrons. The normalized spacial score (nSPS) is 15.6. The average Bonchev–Trinajstić information content (AvgIpc) is 2.16. The third-order valence-electron chi connectivity index (χ3n) is 2.80. The third kappa shape index (κ3) is 2.22. The molecule has 0 saturated heterocycles. The molecule has 1 N–H and O–H groups in total. The van der Waals surface area contributed by atoms with E-state index in [2.05, 4.69) is 6.92 Å². The number of aliphatic hydroxyl groups is 1. The quantitative estimate of drug-likeness (QED) is 0.618. The molecule has 0 aliphatic rings. The van der Waals surface area contributed by atoms with Gasteiger partial charge in [-0.25, -0.2) is 0 Å². The molecule has 16 heavy (non-hydrogen) atoms. The summed E-state index contributed by atoms with van der Waals surface area (Å²) in [6.07, 6.45) is 0. The zero-order chi connectivity index (χ0) is 12.6. The van der Waals surface area contributed by atoms with Gasteiger partial charge in [-0.2, -0.15) is 0 Å². The van der Waals surface area contributed by atoms with Gasteiger partial charge in [-0.05, 0) is 30.0 Å². The Hall–Kier alpha value is -1.42. The second-order valence-corrected chi connectivity index (χ2v) is 4.91. The third-order valence-corrected chi connectivity index (χ3v) is 2.80. The maximum Gasteiger partial charge on any atom is 0.269 e. The van der Waals surface area contributed by atoms with Crippen molar-refractivity contribution in [1.82, 2.24) is 0 Å². The Morgan fingerprint density at radius 1 is 1.25 bits per heavy atom. The van der Waals surface area contributed by atoms with E-state index in [4.69, 9.17) is 0 Å². The lowest BCUT2D eigenvalue weighted by Gasteiger charge is -2.37. The monoisotopic (exact) mass is 222 g/mol. The molecule has 0 amide bonds. The molecule has 1 aromatic rings. The number of rotatable bonds is 2. The molecule has 0 unspecified atom stereocenters. The first-order valence-electron chi connectivity index (χ1n) is 4.99. The van der Waals surface area contributed by atoms with Gasteiger partial charge in [-0.3, -0.25) is 10.1 Å². The van der Waals surface area contributed by atoms with Crippen LogP contribution in [0.4, 0.5) is 5.69 Å². The molecule has 0 fully saturated rings. The molecule has 0 spiro atoms. The molecule has 0 bridgehead atoms. The van der Waals surface area contributed by atoms with Gasteiger partial charge in [0, 0.05) is 12.1 Å².